The molecule has 0 aliphatic heterocycles. The zero-order valence-corrected chi connectivity index (χ0v) is 69.0. The quantitative estimate of drug-likeness (QED) is 0.0169. The van der Waals surface area contributed by atoms with Crippen molar-refractivity contribution in [3.63, 3.8) is 0 Å². The van der Waals surface area contributed by atoms with E-state index in [1.165, 1.54) is 57.8 Å². The van der Waals surface area contributed by atoms with Crippen LogP contribution < -0.4 is 0 Å². The molecule has 0 aromatic heterocycles. The molecule has 0 radical (unpaired) electrons. The first-order valence-electron chi connectivity index (χ1n) is 41.4. The lowest BCUT2D eigenvalue weighted by molar-refractivity contribution is -0.161. The Morgan fingerprint density at radius 2 is 0.500 bits per heavy atom. The van der Waals surface area contributed by atoms with E-state index >= 15 is 0 Å². The number of allylic oxidation sites excluding steroid dienone is 28. The highest BCUT2D eigenvalue weighted by Crippen LogP contribution is 2.45. The summed E-state index contributed by atoms with van der Waals surface area (Å²) in [6.07, 6.45) is 94.9. The standard InChI is InChI=1S/C89H146O17P2/c1-5-9-13-17-21-25-29-32-35-38-41-44-47-50-54-57-61-65-69-73-86(91)99-79-84(105-88(93)75-71-67-63-59-53-28-24-20-16-12-8-4)81-103-107(95,96)101-77-83(90)78-102-108(97,98)104-82-85(106-89(94)76-72-68-64-60-56-52-49-46-43-40-37-34-31-27-23-19-15-11-7-3)80-100-87(92)74-70-66-62-58-55-51-48-45-42-39-36-33-30-26-22-18-14-10-6-2/h10-11,14-15,21-23,25-27,32-37,41-46,51-52,55-56,62,66,83-85,90H,5-9,12-13,16-20,24,28-31,38-40,47-50,53-54,57-61,63-65,67-82H2,1-4H3,(H,95,96)(H,97,98)/b14-10-,15-11-,25-21-,26-22-,27-23-,35-32-,36-33-,37-34-,44-41-,45-42-,46-43-,55-51-,56-52-,66-62-. The van der Waals surface area contributed by atoms with Crippen molar-refractivity contribution in [1.29, 1.82) is 0 Å². The maximum absolute atomic E-state index is 13.1. The smallest absolute Gasteiger partial charge is 0.462 e. The van der Waals surface area contributed by atoms with E-state index < -0.39 is 97.5 Å². The summed E-state index contributed by atoms with van der Waals surface area (Å²) in [5.41, 5.74) is 0. The minimum atomic E-state index is -5.01. The molecule has 0 aromatic rings. The van der Waals surface area contributed by atoms with Crippen LogP contribution in [-0.2, 0) is 65.4 Å². The van der Waals surface area contributed by atoms with Crippen LogP contribution in [-0.4, -0.2) is 96.7 Å². The highest BCUT2D eigenvalue weighted by molar-refractivity contribution is 7.47. The number of carbonyl (C=O) groups is 4. The fourth-order valence-corrected chi connectivity index (χ4v) is 12.0. The number of ether oxygens (including phenoxy) is 4. The van der Waals surface area contributed by atoms with Crippen LogP contribution in [0.2, 0.25) is 0 Å². The average Bonchev–Trinajstić information content (AvgIpc) is 0.917. The lowest BCUT2D eigenvalue weighted by atomic mass is 10.1. The lowest BCUT2D eigenvalue weighted by Crippen LogP contribution is -2.30. The number of phosphoric acid groups is 2. The predicted octanol–water partition coefficient (Wildman–Crippen LogP) is 24.6. The normalized spacial score (nSPS) is 14.7. The van der Waals surface area contributed by atoms with E-state index in [9.17, 15) is 43.2 Å². The predicted molar refractivity (Wildman–Crippen MR) is 445 cm³/mol. The van der Waals surface area contributed by atoms with E-state index in [0.717, 1.165) is 167 Å². The van der Waals surface area contributed by atoms with E-state index in [0.29, 0.717) is 32.1 Å². The second-order valence-electron chi connectivity index (χ2n) is 27.0. The Bertz CT molecular complexity index is 2710. The molecule has 0 aliphatic rings. The molecule has 19 heteroatoms. The molecule has 0 aromatic carbocycles. The van der Waals surface area contributed by atoms with Gasteiger partial charge in [-0.15, -0.1) is 0 Å². The lowest BCUT2D eigenvalue weighted by Gasteiger charge is -2.21. The van der Waals surface area contributed by atoms with Crippen molar-refractivity contribution in [2.75, 3.05) is 39.6 Å². The summed E-state index contributed by atoms with van der Waals surface area (Å²) in [5.74, 6) is -2.33. The molecule has 0 saturated carbocycles. The van der Waals surface area contributed by atoms with Gasteiger partial charge < -0.3 is 33.8 Å². The van der Waals surface area contributed by atoms with Gasteiger partial charge in [0.1, 0.15) is 19.3 Å². The molecule has 5 atom stereocenters. The van der Waals surface area contributed by atoms with E-state index in [2.05, 4.69) is 180 Å². The van der Waals surface area contributed by atoms with Crippen molar-refractivity contribution >= 4 is 39.5 Å². The van der Waals surface area contributed by atoms with Crippen LogP contribution in [0.25, 0.3) is 0 Å². The molecule has 5 unspecified atom stereocenters. The number of unbranched alkanes of at least 4 members (excludes halogenated alkanes) is 22. The van der Waals surface area contributed by atoms with Gasteiger partial charge in [-0.25, -0.2) is 9.13 Å². The molecular weight excluding hydrogens is 1400 g/mol. The Morgan fingerprint density at radius 1 is 0.269 bits per heavy atom. The van der Waals surface area contributed by atoms with Crippen LogP contribution >= 0.6 is 15.6 Å². The summed E-state index contributed by atoms with van der Waals surface area (Å²) in [7, 11) is -10.0. The van der Waals surface area contributed by atoms with Crippen molar-refractivity contribution in [3.8, 4) is 0 Å². The molecule has 614 valence electrons. The van der Waals surface area contributed by atoms with Crippen molar-refractivity contribution in [1.82, 2.24) is 0 Å². The molecule has 17 nitrogen and oxygen atoms in total. The fraction of sp³-hybridized carbons (Fsp3) is 0.640. The van der Waals surface area contributed by atoms with Gasteiger partial charge in [-0.2, -0.15) is 0 Å². The van der Waals surface area contributed by atoms with Crippen LogP contribution in [0.1, 0.15) is 310 Å². The highest BCUT2D eigenvalue weighted by Gasteiger charge is 2.30. The van der Waals surface area contributed by atoms with Crippen molar-refractivity contribution in [2.24, 2.45) is 0 Å². The number of aliphatic hydroxyl groups excluding tert-OH is 1. The Balaban J connectivity index is 5.46. The first-order chi connectivity index (χ1) is 52.7. The number of rotatable bonds is 76. The van der Waals surface area contributed by atoms with Gasteiger partial charge in [0, 0.05) is 25.7 Å². The molecule has 0 spiro atoms. The number of carbonyl (C=O) groups excluding carboxylic acids is 4. The topological polar surface area (TPSA) is 237 Å². The third-order valence-electron chi connectivity index (χ3n) is 16.7. The highest BCUT2D eigenvalue weighted by atomic mass is 31.2. The Hall–Kier alpha value is -5.58. The largest absolute Gasteiger partial charge is 0.472 e. The van der Waals surface area contributed by atoms with Crippen LogP contribution in [0.5, 0.6) is 0 Å². The zero-order chi connectivity index (χ0) is 78.9. The summed E-state index contributed by atoms with van der Waals surface area (Å²) in [6.45, 7) is 4.48. The molecule has 0 bridgehead atoms. The maximum Gasteiger partial charge on any atom is 0.472 e. The summed E-state index contributed by atoms with van der Waals surface area (Å²) >= 11 is 0. The number of hydrogen-bond acceptors (Lipinski definition) is 15. The van der Waals surface area contributed by atoms with Gasteiger partial charge in [-0.3, -0.25) is 37.3 Å². The molecule has 0 heterocycles. The van der Waals surface area contributed by atoms with Gasteiger partial charge in [0.15, 0.2) is 12.2 Å². The molecule has 0 saturated heterocycles. The SMILES string of the molecule is CC/C=C\C/C=C\C/C=C\C/C=C\C/C=C\C/C=C\CCC(=O)OCC(COP(=O)(O)OCC(O)COP(=O)(O)OCC(COC(=O)CCCCCCCC/C=C\C/C=C\C/C=C\CCCCC)OC(=O)CCCCCCCCCCCCC)OC(=O)CCCCC/C=C\C/C=C\C/C=C\C/C=C\C/C=C\CC. The molecular formula is C89H146O17P2. The Morgan fingerprint density at radius 3 is 0.824 bits per heavy atom. The second kappa shape index (κ2) is 79.5. The number of hydrogen-bond donors (Lipinski definition) is 3. The van der Waals surface area contributed by atoms with Gasteiger partial charge in [-0.05, 0) is 148 Å². The Labute approximate surface area is 654 Å². The third kappa shape index (κ3) is 78.5. The maximum atomic E-state index is 13.1. The van der Waals surface area contributed by atoms with Gasteiger partial charge in [-0.1, -0.05) is 307 Å². The summed E-state index contributed by atoms with van der Waals surface area (Å²) in [6, 6.07) is 0. The van der Waals surface area contributed by atoms with E-state index in [1.54, 1.807) is 0 Å². The minimum Gasteiger partial charge on any atom is -0.462 e. The molecule has 0 rings (SSSR count). The summed E-state index contributed by atoms with van der Waals surface area (Å²) in [5, 5.41) is 10.7. The van der Waals surface area contributed by atoms with Gasteiger partial charge in [0.05, 0.1) is 26.4 Å². The van der Waals surface area contributed by atoms with Gasteiger partial charge in [0.2, 0.25) is 0 Å². The minimum absolute atomic E-state index is 0.0225. The van der Waals surface area contributed by atoms with Crippen LogP contribution in [0.4, 0.5) is 0 Å². The Kier molecular flexibility index (Phi) is 75.4. The molecule has 0 amide bonds. The first-order valence-corrected chi connectivity index (χ1v) is 44.4. The van der Waals surface area contributed by atoms with E-state index in [4.69, 9.17) is 37.0 Å². The molecule has 0 fully saturated rings. The summed E-state index contributed by atoms with van der Waals surface area (Å²) in [4.78, 5) is 73.1. The number of phosphoric ester groups is 2. The monoisotopic (exact) mass is 1550 g/mol. The second-order valence-corrected chi connectivity index (χ2v) is 29.9. The first kappa shape index (κ1) is 102. The molecule has 0 aliphatic carbocycles. The van der Waals surface area contributed by atoms with Crippen LogP contribution in [0.15, 0.2) is 170 Å². The van der Waals surface area contributed by atoms with Gasteiger partial charge in [0.25, 0.3) is 0 Å². The third-order valence-corrected chi connectivity index (χ3v) is 18.6. The summed E-state index contributed by atoms with van der Waals surface area (Å²) < 4.78 is 68.6. The number of aliphatic hydroxyl groups is 1. The number of esters is 4. The zero-order valence-electron chi connectivity index (χ0n) is 67.2. The van der Waals surface area contributed by atoms with Crippen molar-refractivity contribution in [2.45, 2.75) is 329 Å². The van der Waals surface area contributed by atoms with Crippen LogP contribution in [0, 0.1) is 0 Å². The average molecular weight is 1550 g/mol. The van der Waals surface area contributed by atoms with E-state index in [1.807, 2.05) is 18.2 Å². The van der Waals surface area contributed by atoms with E-state index in [-0.39, 0.29) is 25.7 Å². The molecule has 108 heavy (non-hydrogen) atoms. The van der Waals surface area contributed by atoms with Gasteiger partial charge >= 0.3 is 39.5 Å². The fourth-order valence-electron chi connectivity index (χ4n) is 10.5. The van der Waals surface area contributed by atoms with Crippen molar-refractivity contribution < 1.29 is 80.2 Å². The van der Waals surface area contributed by atoms with Crippen molar-refractivity contribution in [3.05, 3.63) is 170 Å². The van der Waals surface area contributed by atoms with Crippen LogP contribution in [0.3, 0.4) is 0 Å². The molecule has 3 N–H and O–H groups in total.